The molecule has 0 aromatic heterocycles. The third-order valence-electron chi connectivity index (χ3n) is 5.70. The molecule has 0 radical (unpaired) electrons. The quantitative estimate of drug-likeness (QED) is 0.780. The van der Waals surface area contributed by atoms with Crippen molar-refractivity contribution in [2.45, 2.75) is 38.1 Å². The van der Waals surface area contributed by atoms with Gasteiger partial charge < -0.3 is 10.0 Å². The van der Waals surface area contributed by atoms with Gasteiger partial charge >= 0.3 is 0 Å². The maximum atomic E-state index is 10.2. The van der Waals surface area contributed by atoms with Crippen LogP contribution in [-0.4, -0.2) is 29.6 Å². The Morgan fingerprint density at radius 1 is 1.17 bits per heavy atom. The number of halogens is 1. The van der Waals surface area contributed by atoms with Gasteiger partial charge in [0.15, 0.2) is 0 Å². The molecule has 3 heteroatoms. The number of likely N-dealkylation sites (N-methyl/N-ethyl adjacent to an activating group) is 1. The van der Waals surface area contributed by atoms with Crippen molar-refractivity contribution in [3.8, 4) is 5.75 Å². The number of phenolic OH excluding ortho intramolecular Hbond substituents is 1. The van der Waals surface area contributed by atoms with Gasteiger partial charge in [-0.15, -0.1) is 0 Å². The van der Waals surface area contributed by atoms with Crippen molar-refractivity contribution >= 4 is 11.6 Å². The zero-order chi connectivity index (χ0) is 16.1. The van der Waals surface area contributed by atoms with Crippen LogP contribution in [0.4, 0.5) is 0 Å². The molecular weight excluding hydrogens is 306 g/mol. The van der Waals surface area contributed by atoms with Crippen molar-refractivity contribution in [1.82, 2.24) is 4.90 Å². The summed E-state index contributed by atoms with van der Waals surface area (Å²) in [5.74, 6) is 0.526. The number of fused-ring (bicyclic) bond motifs is 5. The molecule has 0 saturated carbocycles. The molecule has 1 aliphatic carbocycles. The molecule has 0 fully saturated rings. The number of aryl methyl sites for hydroxylation is 1. The zero-order valence-corrected chi connectivity index (χ0v) is 14.4. The van der Waals surface area contributed by atoms with Gasteiger partial charge in [-0.1, -0.05) is 29.8 Å². The second-order valence-electron chi connectivity index (χ2n) is 6.96. The van der Waals surface area contributed by atoms with Crippen LogP contribution < -0.4 is 0 Å². The van der Waals surface area contributed by atoms with Crippen LogP contribution in [0.3, 0.4) is 0 Å². The predicted octanol–water partition coefficient (Wildman–Crippen LogP) is 4.29. The molecule has 1 aliphatic heterocycles. The van der Waals surface area contributed by atoms with Crippen LogP contribution in [0.1, 0.15) is 40.2 Å². The van der Waals surface area contributed by atoms with Crippen molar-refractivity contribution in [2.24, 2.45) is 0 Å². The Hall–Kier alpha value is -1.51. The molecule has 0 unspecified atom stereocenters. The summed E-state index contributed by atoms with van der Waals surface area (Å²) in [7, 11) is 2.23. The van der Waals surface area contributed by atoms with Crippen LogP contribution in [0, 0.1) is 6.92 Å². The molecule has 0 amide bonds. The minimum atomic E-state index is 0.202. The number of benzene rings is 2. The van der Waals surface area contributed by atoms with Gasteiger partial charge in [0.25, 0.3) is 0 Å². The van der Waals surface area contributed by atoms with Crippen LogP contribution in [-0.2, 0) is 12.8 Å². The summed E-state index contributed by atoms with van der Waals surface area (Å²) in [6.45, 7) is 3.25. The van der Waals surface area contributed by atoms with Gasteiger partial charge in [-0.05, 0) is 73.2 Å². The molecule has 2 aliphatic rings. The van der Waals surface area contributed by atoms with E-state index < -0.39 is 0 Å². The lowest BCUT2D eigenvalue weighted by atomic mass is 9.73. The van der Waals surface area contributed by atoms with Gasteiger partial charge in [-0.25, -0.2) is 0 Å². The monoisotopic (exact) mass is 327 g/mol. The van der Waals surface area contributed by atoms with Crippen LogP contribution in [0.2, 0.25) is 5.02 Å². The van der Waals surface area contributed by atoms with E-state index in [4.69, 9.17) is 11.6 Å². The van der Waals surface area contributed by atoms with Crippen molar-refractivity contribution in [3.05, 3.63) is 63.2 Å². The van der Waals surface area contributed by atoms with E-state index in [0.29, 0.717) is 17.0 Å². The van der Waals surface area contributed by atoms with Crippen molar-refractivity contribution in [3.63, 3.8) is 0 Å². The zero-order valence-electron chi connectivity index (χ0n) is 13.6. The summed E-state index contributed by atoms with van der Waals surface area (Å²) in [6, 6.07) is 11.0. The maximum absolute atomic E-state index is 10.2. The molecule has 1 heterocycles. The predicted molar refractivity (Wildman–Crippen MR) is 94.6 cm³/mol. The van der Waals surface area contributed by atoms with Crippen LogP contribution >= 0.6 is 11.6 Å². The van der Waals surface area contributed by atoms with E-state index in [2.05, 4.69) is 37.1 Å². The first kappa shape index (κ1) is 15.0. The number of hydrogen-bond donors (Lipinski definition) is 1. The Bertz CT molecular complexity index is 770. The third-order valence-corrected chi connectivity index (χ3v) is 6.00. The highest BCUT2D eigenvalue weighted by Gasteiger charge is 2.37. The summed E-state index contributed by atoms with van der Waals surface area (Å²) in [4.78, 5) is 2.49. The number of hydrogen-bond acceptors (Lipinski definition) is 2. The smallest absolute Gasteiger partial charge is 0.134 e. The number of nitrogens with zero attached hydrogens (tertiary/aromatic N) is 1. The van der Waals surface area contributed by atoms with Crippen LogP contribution in [0.15, 0.2) is 30.3 Å². The van der Waals surface area contributed by atoms with Crippen molar-refractivity contribution in [1.29, 1.82) is 0 Å². The molecule has 0 saturated heterocycles. The number of rotatable bonds is 0. The SMILES string of the molecule is Cc1cccc2c1CC[C@H]1[C@H]2c2cc(O)c(Cl)cc2CCN1C. The molecule has 2 aromatic carbocycles. The Morgan fingerprint density at radius 3 is 2.83 bits per heavy atom. The summed E-state index contributed by atoms with van der Waals surface area (Å²) in [5, 5.41) is 10.6. The molecular formula is C20H22ClNO. The van der Waals surface area contributed by atoms with Crippen LogP contribution in [0.5, 0.6) is 5.75 Å². The van der Waals surface area contributed by atoms with Crippen molar-refractivity contribution in [2.75, 3.05) is 13.6 Å². The van der Waals surface area contributed by atoms with E-state index in [0.717, 1.165) is 19.4 Å². The van der Waals surface area contributed by atoms with Gasteiger partial charge in [0.1, 0.15) is 5.75 Å². The Balaban J connectivity index is 1.96. The van der Waals surface area contributed by atoms with E-state index in [1.165, 1.54) is 34.2 Å². The summed E-state index contributed by atoms with van der Waals surface area (Å²) in [6.07, 6.45) is 3.30. The average molecular weight is 328 g/mol. The first-order valence-electron chi connectivity index (χ1n) is 8.36. The van der Waals surface area contributed by atoms with E-state index in [9.17, 15) is 5.11 Å². The minimum Gasteiger partial charge on any atom is -0.506 e. The average Bonchev–Trinajstić information content (AvgIpc) is 2.67. The lowest BCUT2D eigenvalue weighted by molar-refractivity contribution is 0.214. The fourth-order valence-electron chi connectivity index (χ4n) is 4.46. The number of phenols is 1. The minimum absolute atomic E-state index is 0.202. The van der Waals surface area contributed by atoms with Gasteiger partial charge in [0.2, 0.25) is 0 Å². The first-order valence-corrected chi connectivity index (χ1v) is 8.74. The van der Waals surface area contributed by atoms with Gasteiger partial charge in [-0.3, -0.25) is 0 Å². The normalized spacial score (nSPS) is 23.6. The maximum Gasteiger partial charge on any atom is 0.134 e. The Morgan fingerprint density at radius 2 is 2.00 bits per heavy atom. The molecule has 0 bridgehead atoms. The highest BCUT2D eigenvalue weighted by molar-refractivity contribution is 6.32. The molecule has 1 N–H and O–H groups in total. The molecule has 2 atom stereocenters. The molecule has 2 nitrogen and oxygen atoms in total. The fraction of sp³-hybridized carbons (Fsp3) is 0.400. The lowest BCUT2D eigenvalue weighted by Crippen LogP contribution is -2.39. The summed E-state index contributed by atoms with van der Waals surface area (Å²) >= 11 is 6.17. The first-order chi connectivity index (χ1) is 11.1. The second kappa shape index (κ2) is 5.54. The van der Waals surface area contributed by atoms with E-state index in [-0.39, 0.29) is 5.75 Å². The third kappa shape index (κ3) is 2.36. The fourth-order valence-corrected chi connectivity index (χ4v) is 4.65. The molecule has 4 rings (SSSR count). The second-order valence-corrected chi connectivity index (χ2v) is 7.37. The van der Waals surface area contributed by atoms with Gasteiger partial charge in [0, 0.05) is 18.5 Å². The largest absolute Gasteiger partial charge is 0.506 e. The van der Waals surface area contributed by atoms with E-state index in [1.54, 1.807) is 0 Å². The van der Waals surface area contributed by atoms with E-state index in [1.807, 2.05) is 12.1 Å². The Labute approximate surface area is 142 Å². The van der Waals surface area contributed by atoms with Gasteiger partial charge in [0.05, 0.1) is 5.02 Å². The van der Waals surface area contributed by atoms with Crippen molar-refractivity contribution < 1.29 is 5.11 Å². The van der Waals surface area contributed by atoms with Gasteiger partial charge in [-0.2, -0.15) is 0 Å². The lowest BCUT2D eigenvalue weighted by Gasteiger charge is -2.38. The summed E-state index contributed by atoms with van der Waals surface area (Å²) < 4.78 is 0. The topological polar surface area (TPSA) is 23.5 Å². The molecule has 0 spiro atoms. The highest BCUT2D eigenvalue weighted by Crippen LogP contribution is 2.44. The molecule has 120 valence electrons. The molecule has 2 aromatic rings. The summed E-state index contributed by atoms with van der Waals surface area (Å²) in [5.41, 5.74) is 6.84. The Kier molecular flexibility index (Phi) is 3.62. The van der Waals surface area contributed by atoms with E-state index >= 15 is 0 Å². The molecule has 23 heavy (non-hydrogen) atoms. The highest BCUT2D eigenvalue weighted by atomic mass is 35.5. The standard InChI is InChI=1S/C20H22ClNO/c1-12-4-3-5-15-14(12)6-7-18-20(15)16-11-19(23)17(21)10-13(16)8-9-22(18)2/h3-5,10-11,18,20,23H,6-9H2,1-2H3/t18-,20+/m0/s1. The number of aromatic hydroxyl groups is 1. The van der Waals surface area contributed by atoms with Crippen LogP contribution in [0.25, 0.3) is 0 Å².